The molecule has 0 aliphatic carbocycles. The normalized spacial score (nSPS) is 12.2. The van der Waals surface area contributed by atoms with Crippen molar-refractivity contribution >= 4 is 5.78 Å². The summed E-state index contributed by atoms with van der Waals surface area (Å²) in [7, 11) is 1.66. The van der Waals surface area contributed by atoms with Crippen LogP contribution in [0.5, 0.6) is 5.75 Å². The number of ketones is 1. The summed E-state index contributed by atoms with van der Waals surface area (Å²) in [6.07, 6.45) is 1.37. The summed E-state index contributed by atoms with van der Waals surface area (Å²) < 4.78 is 10.5. The van der Waals surface area contributed by atoms with Gasteiger partial charge in [0.15, 0.2) is 5.78 Å². The minimum atomic E-state index is 0.119. The number of rotatable bonds is 7. The van der Waals surface area contributed by atoms with E-state index >= 15 is 0 Å². The van der Waals surface area contributed by atoms with Gasteiger partial charge in [0.25, 0.3) is 0 Å². The van der Waals surface area contributed by atoms with Gasteiger partial charge < -0.3 is 9.47 Å². The number of ether oxygens (including phenoxy) is 2. The summed E-state index contributed by atoms with van der Waals surface area (Å²) in [4.78, 5) is 11.9. The van der Waals surface area contributed by atoms with E-state index < -0.39 is 0 Å². The molecule has 1 atom stereocenters. The predicted molar refractivity (Wildman–Crippen MR) is 67.6 cm³/mol. The summed E-state index contributed by atoms with van der Waals surface area (Å²) in [5, 5.41) is 0. The van der Waals surface area contributed by atoms with Crippen molar-refractivity contribution in [3.63, 3.8) is 0 Å². The number of methoxy groups -OCH3 is 1. The van der Waals surface area contributed by atoms with Crippen LogP contribution < -0.4 is 4.74 Å². The van der Waals surface area contributed by atoms with Crippen LogP contribution >= 0.6 is 0 Å². The average molecular weight is 236 g/mol. The van der Waals surface area contributed by atoms with Crippen molar-refractivity contribution in [2.75, 3.05) is 13.7 Å². The Hall–Kier alpha value is -1.35. The summed E-state index contributed by atoms with van der Waals surface area (Å²) in [5.41, 5.74) is 0.708. The Morgan fingerprint density at radius 1 is 1.41 bits per heavy atom. The third-order valence-corrected chi connectivity index (χ3v) is 2.65. The Bertz CT molecular complexity index is 360. The number of benzene rings is 1. The van der Waals surface area contributed by atoms with Gasteiger partial charge >= 0.3 is 0 Å². The first-order valence-corrected chi connectivity index (χ1v) is 5.96. The maximum absolute atomic E-state index is 11.9. The highest BCUT2D eigenvalue weighted by Crippen LogP contribution is 2.16. The van der Waals surface area contributed by atoms with Crippen LogP contribution in [0.2, 0.25) is 0 Å². The molecule has 0 saturated carbocycles. The molecule has 0 radical (unpaired) electrons. The lowest BCUT2D eigenvalue weighted by Crippen LogP contribution is -2.08. The smallest absolute Gasteiger partial charge is 0.163 e. The van der Waals surface area contributed by atoms with Crippen molar-refractivity contribution in [2.24, 2.45) is 0 Å². The summed E-state index contributed by atoms with van der Waals surface area (Å²) >= 11 is 0. The summed E-state index contributed by atoms with van der Waals surface area (Å²) in [6.45, 7) is 4.50. The van der Waals surface area contributed by atoms with E-state index in [4.69, 9.17) is 9.47 Å². The zero-order chi connectivity index (χ0) is 12.7. The first-order valence-electron chi connectivity index (χ1n) is 5.96. The summed E-state index contributed by atoms with van der Waals surface area (Å²) in [6, 6.07) is 7.32. The molecule has 0 fully saturated rings. The van der Waals surface area contributed by atoms with Crippen molar-refractivity contribution in [3.05, 3.63) is 29.8 Å². The number of hydrogen-bond acceptors (Lipinski definition) is 3. The lowest BCUT2D eigenvalue weighted by molar-refractivity contribution is 0.0877. The zero-order valence-electron chi connectivity index (χ0n) is 10.7. The monoisotopic (exact) mass is 236 g/mol. The van der Waals surface area contributed by atoms with E-state index in [0.717, 1.165) is 12.2 Å². The first-order chi connectivity index (χ1) is 8.17. The van der Waals surface area contributed by atoms with Gasteiger partial charge in [0.2, 0.25) is 0 Å². The van der Waals surface area contributed by atoms with Crippen LogP contribution in [0.3, 0.4) is 0 Å². The topological polar surface area (TPSA) is 35.5 Å². The minimum Gasteiger partial charge on any atom is -0.494 e. The molecule has 0 saturated heterocycles. The molecule has 0 aliphatic heterocycles. The SMILES string of the molecule is CCOc1cccc(C(=O)CCC(C)OC)c1. The van der Waals surface area contributed by atoms with Crippen LogP contribution in [0.4, 0.5) is 0 Å². The molecule has 0 aliphatic rings. The number of Topliss-reactive ketones (excluding diaryl/α,β-unsaturated/α-hetero) is 1. The molecular formula is C14H20O3. The third kappa shape index (κ3) is 4.57. The van der Waals surface area contributed by atoms with Gasteiger partial charge in [0.05, 0.1) is 12.7 Å². The molecular weight excluding hydrogens is 216 g/mol. The van der Waals surface area contributed by atoms with Gasteiger partial charge in [0.1, 0.15) is 5.75 Å². The summed E-state index contributed by atoms with van der Waals surface area (Å²) in [5.74, 6) is 0.883. The van der Waals surface area contributed by atoms with Crippen LogP contribution in [-0.4, -0.2) is 25.6 Å². The Balaban J connectivity index is 2.59. The Morgan fingerprint density at radius 3 is 2.82 bits per heavy atom. The van der Waals surface area contributed by atoms with Crippen molar-refractivity contribution in [2.45, 2.75) is 32.8 Å². The van der Waals surface area contributed by atoms with Crippen LogP contribution in [0.25, 0.3) is 0 Å². The Morgan fingerprint density at radius 2 is 2.18 bits per heavy atom. The van der Waals surface area contributed by atoms with E-state index in [1.165, 1.54) is 0 Å². The van der Waals surface area contributed by atoms with Gasteiger partial charge in [0, 0.05) is 19.1 Å². The van der Waals surface area contributed by atoms with Crippen LogP contribution in [-0.2, 0) is 4.74 Å². The lowest BCUT2D eigenvalue weighted by atomic mass is 10.0. The molecule has 0 N–H and O–H groups in total. The Kier molecular flexibility index (Phi) is 5.70. The van der Waals surface area contributed by atoms with Gasteiger partial charge in [-0.1, -0.05) is 12.1 Å². The van der Waals surface area contributed by atoms with E-state index in [1.54, 1.807) is 13.2 Å². The van der Waals surface area contributed by atoms with E-state index in [1.807, 2.05) is 32.0 Å². The largest absolute Gasteiger partial charge is 0.494 e. The fourth-order valence-corrected chi connectivity index (χ4v) is 1.52. The maximum atomic E-state index is 11.9. The Labute approximate surface area is 103 Å². The van der Waals surface area contributed by atoms with Gasteiger partial charge in [-0.3, -0.25) is 4.79 Å². The highest BCUT2D eigenvalue weighted by Gasteiger charge is 2.09. The molecule has 0 bridgehead atoms. The number of carbonyl (C=O) groups excluding carboxylic acids is 1. The molecule has 1 unspecified atom stereocenters. The van der Waals surface area contributed by atoms with Gasteiger partial charge in [-0.25, -0.2) is 0 Å². The second-order valence-electron chi connectivity index (χ2n) is 3.97. The average Bonchev–Trinajstić information content (AvgIpc) is 2.36. The predicted octanol–water partition coefficient (Wildman–Crippen LogP) is 3.08. The molecule has 17 heavy (non-hydrogen) atoms. The van der Waals surface area contributed by atoms with Crippen molar-refractivity contribution in [1.82, 2.24) is 0 Å². The second-order valence-corrected chi connectivity index (χ2v) is 3.97. The van der Waals surface area contributed by atoms with E-state index in [2.05, 4.69) is 0 Å². The van der Waals surface area contributed by atoms with E-state index in [-0.39, 0.29) is 11.9 Å². The van der Waals surface area contributed by atoms with Crippen LogP contribution in [0.1, 0.15) is 37.0 Å². The molecule has 0 heterocycles. The second kappa shape index (κ2) is 7.07. The van der Waals surface area contributed by atoms with Gasteiger partial charge in [-0.15, -0.1) is 0 Å². The molecule has 3 heteroatoms. The number of hydrogen-bond donors (Lipinski definition) is 0. The molecule has 0 spiro atoms. The van der Waals surface area contributed by atoms with Crippen LogP contribution in [0, 0.1) is 0 Å². The molecule has 1 aromatic rings. The van der Waals surface area contributed by atoms with Crippen molar-refractivity contribution in [1.29, 1.82) is 0 Å². The number of carbonyl (C=O) groups is 1. The van der Waals surface area contributed by atoms with E-state index in [0.29, 0.717) is 18.6 Å². The quantitative estimate of drug-likeness (QED) is 0.682. The molecule has 1 aromatic carbocycles. The highest BCUT2D eigenvalue weighted by molar-refractivity contribution is 5.96. The van der Waals surface area contributed by atoms with E-state index in [9.17, 15) is 4.79 Å². The highest BCUT2D eigenvalue weighted by atomic mass is 16.5. The molecule has 3 nitrogen and oxygen atoms in total. The first kappa shape index (κ1) is 13.7. The fourth-order valence-electron chi connectivity index (χ4n) is 1.52. The molecule has 1 rings (SSSR count). The minimum absolute atomic E-state index is 0.119. The molecule has 94 valence electrons. The van der Waals surface area contributed by atoms with Crippen molar-refractivity contribution < 1.29 is 14.3 Å². The van der Waals surface area contributed by atoms with Crippen LogP contribution in [0.15, 0.2) is 24.3 Å². The standard InChI is InChI=1S/C14H20O3/c1-4-17-13-7-5-6-12(10-13)14(15)9-8-11(2)16-3/h5-7,10-11H,4,8-9H2,1-3H3. The maximum Gasteiger partial charge on any atom is 0.163 e. The molecule has 0 aromatic heterocycles. The zero-order valence-corrected chi connectivity index (χ0v) is 10.7. The third-order valence-electron chi connectivity index (χ3n) is 2.65. The molecule has 0 amide bonds. The lowest BCUT2D eigenvalue weighted by Gasteiger charge is -2.09. The van der Waals surface area contributed by atoms with Gasteiger partial charge in [-0.05, 0) is 32.4 Å². The van der Waals surface area contributed by atoms with Gasteiger partial charge in [-0.2, -0.15) is 0 Å². The van der Waals surface area contributed by atoms with Crippen molar-refractivity contribution in [3.8, 4) is 5.75 Å². The fraction of sp³-hybridized carbons (Fsp3) is 0.500.